The Morgan fingerprint density at radius 2 is 1.78 bits per heavy atom. The molecule has 0 aliphatic heterocycles. The zero-order valence-electron chi connectivity index (χ0n) is 18.4. The number of hydrogen-bond donors (Lipinski definition) is 1. The van der Waals surface area contributed by atoms with Crippen molar-refractivity contribution in [3.05, 3.63) is 76.8 Å². The third-order valence-corrected chi connectivity index (χ3v) is 5.60. The van der Waals surface area contributed by atoms with Crippen molar-refractivity contribution in [2.45, 2.75) is 12.8 Å². The van der Waals surface area contributed by atoms with Gasteiger partial charge in [-0.05, 0) is 48.0 Å². The number of hydrogen-bond acceptors (Lipinski definition) is 5. The van der Waals surface area contributed by atoms with Gasteiger partial charge in [0.25, 0.3) is 5.56 Å². The van der Waals surface area contributed by atoms with Gasteiger partial charge in [-0.3, -0.25) is 19.0 Å². The minimum absolute atomic E-state index is 0.0217. The molecule has 0 atom stereocenters. The second-order valence-corrected chi connectivity index (χ2v) is 7.97. The molecule has 0 saturated carbocycles. The lowest BCUT2D eigenvalue weighted by Crippen LogP contribution is -2.23. The van der Waals surface area contributed by atoms with E-state index in [4.69, 9.17) is 5.73 Å². The Morgan fingerprint density at radius 3 is 2.44 bits per heavy atom. The molecule has 0 aliphatic rings. The third-order valence-electron chi connectivity index (χ3n) is 5.60. The Morgan fingerprint density at radius 1 is 1.06 bits per heavy atom. The molecule has 5 aromatic rings. The fraction of sp³-hybridized carbons (Fsp3) is 0.125. The molecule has 0 saturated heterocycles. The molecule has 0 aliphatic carbocycles. The van der Waals surface area contributed by atoms with E-state index in [9.17, 15) is 26.7 Å². The summed E-state index contributed by atoms with van der Waals surface area (Å²) in [6, 6.07) is 10.7. The van der Waals surface area contributed by atoms with Gasteiger partial charge in [-0.1, -0.05) is 6.07 Å². The molecule has 12 heteroatoms. The number of fused-ring (bicyclic) bond motifs is 2. The maximum absolute atomic E-state index is 13.8. The zero-order chi connectivity index (χ0) is 25.8. The number of benzene rings is 2. The van der Waals surface area contributed by atoms with E-state index in [1.54, 1.807) is 36.1 Å². The molecule has 7 nitrogen and oxygen atoms in total. The van der Waals surface area contributed by atoms with E-state index in [1.807, 2.05) is 0 Å². The number of alkyl halides is 5. The van der Waals surface area contributed by atoms with Gasteiger partial charge >= 0.3 is 12.8 Å². The quantitative estimate of drug-likeness (QED) is 0.345. The minimum Gasteiger partial charge on any atom is -0.435 e. The minimum atomic E-state index is -4.73. The van der Waals surface area contributed by atoms with Crippen LogP contribution < -0.4 is 16.0 Å². The van der Waals surface area contributed by atoms with Crippen LogP contribution in [-0.2, 0) is 13.2 Å². The number of pyridine rings is 2. The fourth-order valence-corrected chi connectivity index (χ4v) is 4.06. The van der Waals surface area contributed by atoms with E-state index in [0.717, 1.165) is 10.6 Å². The smallest absolute Gasteiger partial charge is 0.417 e. The van der Waals surface area contributed by atoms with Gasteiger partial charge < -0.3 is 10.5 Å². The molecular weight excluding hydrogens is 485 g/mol. The van der Waals surface area contributed by atoms with Crippen molar-refractivity contribution in [2.75, 3.05) is 5.73 Å². The van der Waals surface area contributed by atoms with Crippen LogP contribution in [0.3, 0.4) is 0 Å². The van der Waals surface area contributed by atoms with Gasteiger partial charge in [-0.15, -0.1) is 0 Å². The van der Waals surface area contributed by atoms with Gasteiger partial charge in [0, 0.05) is 30.5 Å². The largest absolute Gasteiger partial charge is 0.435 e. The maximum atomic E-state index is 13.8. The van der Waals surface area contributed by atoms with Crippen molar-refractivity contribution in [2.24, 2.45) is 7.05 Å². The van der Waals surface area contributed by atoms with Crippen molar-refractivity contribution < 1.29 is 26.7 Å². The highest BCUT2D eigenvalue weighted by Gasteiger charge is 2.32. The number of aromatic nitrogens is 4. The Hall–Kier alpha value is -4.48. The third kappa shape index (κ3) is 4.00. The van der Waals surface area contributed by atoms with Gasteiger partial charge in [0.05, 0.1) is 27.8 Å². The summed E-state index contributed by atoms with van der Waals surface area (Å²) in [5.74, 6) is -0.182. The topological polar surface area (TPSA) is 88.0 Å². The van der Waals surface area contributed by atoms with Gasteiger partial charge in [-0.2, -0.15) is 27.1 Å². The molecule has 0 radical (unpaired) electrons. The molecule has 0 unspecified atom stereocenters. The lowest BCUT2D eigenvalue weighted by molar-refractivity contribution is -0.137. The van der Waals surface area contributed by atoms with E-state index < -0.39 is 23.9 Å². The summed E-state index contributed by atoms with van der Waals surface area (Å²) in [4.78, 5) is 17.7. The second-order valence-electron chi connectivity index (χ2n) is 7.97. The summed E-state index contributed by atoms with van der Waals surface area (Å²) in [6.07, 6.45) is -2.35. The van der Waals surface area contributed by atoms with Crippen LogP contribution in [-0.4, -0.2) is 25.9 Å². The van der Waals surface area contributed by atoms with Gasteiger partial charge in [-0.25, -0.2) is 0 Å². The molecule has 184 valence electrons. The molecule has 0 amide bonds. The first-order valence-electron chi connectivity index (χ1n) is 10.4. The molecule has 36 heavy (non-hydrogen) atoms. The zero-order valence-corrected chi connectivity index (χ0v) is 18.4. The molecule has 3 aromatic heterocycles. The maximum Gasteiger partial charge on any atom is 0.417 e. The first kappa shape index (κ1) is 23.3. The molecule has 0 spiro atoms. The highest BCUT2D eigenvalue weighted by molar-refractivity contribution is 5.98. The average Bonchev–Trinajstić information content (AvgIpc) is 3.18. The molecule has 2 aromatic carbocycles. The van der Waals surface area contributed by atoms with Crippen LogP contribution in [0, 0.1) is 0 Å². The normalized spacial score (nSPS) is 12.1. The van der Waals surface area contributed by atoms with Crippen LogP contribution in [0.4, 0.5) is 27.6 Å². The number of nitrogens with two attached hydrogens (primary N) is 1. The van der Waals surface area contributed by atoms with E-state index in [1.165, 1.54) is 24.3 Å². The Kier molecular flexibility index (Phi) is 5.38. The van der Waals surface area contributed by atoms with E-state index in [2.05, 4.69) is 14.8 Å². The van der Waals surface area contributed by atoms with Crippen molar-refractivity contribution in [1.82, 2.24) is 19.3 Å². The van der Waals surface area contributed by atoms with E-state index in [0.29, 0.717) is 22.7 Å². The van der Waals surface area contributed by atoms with Gasteiger partial charge in [0.1, 0.15) is 11.3 Å². The number of nitrogens with zero attached hydrogens (tertiary/aromatic N) is 4. The van der Waals surface area contributed by atoms with Crippen LogP contribution in [0.5, 0.6) is 5.75 Å². The summed E-state index contributed by atoms with van der Waals surface area (Å²) >= 11 is 0. The average molecular weight is 501 g/mol. The van der Waals surface area contributed by atoms with Crippen molar-refractivity contribution in [3.63, 3.8) is 0 Å². The molecule has 2 N–H and O–H groups in total. The standard InChI is InChI=1S/C24H16F5N5O2/c1-33-11-13-8-12(2-7-17(13)32-33)19-20(30)21-18(9-14(10-31-21)24(27,28)29)34(22(19)35)15-3-5-16(6-4-15)36-23(25)26/h2-11,23H,30H2,1H3. The van der Waals surface area contributed by atoms with Crippen LogP contribution >= 0.6 is 0 Å². The van der Waals surface area contributed by atoms with Crippen molar-refractivity contribution >= 4 is 27.6 Å². The van der Waals surface area contributed by atoms with Crippen LogP contribution in [0.15, 0.2) is 65.7 Å². The number of aryl methyl sites for hydroxylation is 1. The first-order chi connectivity index (χ1) is 17.0. The number of anilines is 1. The Balaban J connectivity index is 1.81. The monoisotopic (exact) mass is 501 g/mol. The molecular formula is C24H16F5N5O2. The highest BCUT2D eigenvalue weighted by atomic mass is 19.4. The van der Waals surface area contributed by atoms with E-state index in [-0.39, 0.29) is 33.7 Å². The predicted octanol–water partition coefficient (Wildman–Crippen LogP) is 5.14. The van der Waals surface area contributed by atoms with Crippen molar-refractivity contribution in [1.29, 1.82) is 0 Å². The van der Waals surface area contributed by atoms with Crippen LogP contribution in [0.25, 0.3) is 38.8 Å². The number of nitrogen functional groups attached to an aromatic ring is 1. The molecule has 5 rings (SSSR count). The summed E-state index contributed by atoms with van der Waals surface area (Å²) in [5.41, 5.74) is 5.40. The Bertz CT molecular complexity index is 1670. The number of rotatable bonds is 4. The lowest BCUT2D eigenvalue weighted by Gasteiger charge is -2.17. The second kappa shape index (κ2) is 8.33. The summed E-state index contributed by atoms with van der Waals surface area (Å²) in [6.45, 7) is -3.07. The fourth-order valence-electron chi connectivity index (χ4n) is 4.06. The molecule has 3 heterocycles. The SMILES string of the molecule is Cn1cc2cc(-c3c(N)c4ncc(C(F)(F)F)cc4n(-c4ccc(OC(F)F)cc4)c3=O)ccc2n1. The van der Waals surface area contributed by atoms with Crippen LogP contribution in [0.1, 0.15) is 5.56 Å². The first-order valence-corrected chi connectivity index (χ1v) is 10.4. The van der Waals surface area contributed by atoms with Gasteiger partial charge in [0.15, 0.2) is 0 Å². The summed E-state index contributed by atoms with van der Waals surface area (Å²) < 4.78 is 72.5. The summed E-state index contributed by atoms with van der Waals surface area (Å²) in [7, 11) is 1.74. The Labute approximate surface area is 199 Å². The van der Waals surface area contributed by atoms with Crippen LogP contribution in [0.2, 0.25) is 0 Å². The van der Waals surface area contributed by atoms with E-state index >= 15 is 0 Å². The highest BCUT2D eigenvalue weighted by Crippen LogP contribution is 2.35. The summed E-state index contributed by atoms with van der Waals surface area (Å²) in [5, 5.41) is 5.00. The predicted molar refractivity (Wildman–Crippen MR) is 123 cm³/mol. The molecule has 0 bridgehead atoms. The lowest BCUT2D eigenvalue weighted by atomic mass is 10.0. The number of ether oxygens (including phenoxy) is 1. The van der Waals surface area contributed by atoms with Crippen molar-refractivity contribution in [3.8, 4) is 22.6 Å². The molecule has 0 fully saturated rings. The number of halogens is 5. The van der Waals surface area contributed by atoms with Gasteiger partial charge in [0.2, 0.25) is 0 Å².